The van der Waals surface area contributed by atoms with Gasteiger partial charge in [-0.05, 0) is 42.3 Å². The number of nitrogens with one attached hydrogen (secondary N) is 2. The average molecular weight is 456 g/mol. The summed E-state index contributed by atoms with van der Waals surface area (Å²) in [5, 5.41) is 16.3. The van der Waals surface area contributed by atoms with Gasteiger partial charge in [-0.15, -0.1) is 0 Å². The zero-order valence-corrected chi connectivity index (χ0v) is 18.1. The topological polar surface area (TPSA) is 108 Å². The minimum Gasteiger partial charge on any atom is -0.508 e. The molecule has 3 N–H and O–H groups in total. The molecule has 0 saturated carbocycles. The lowest BCUT2D eigenvalue weighted by atomic mass is 9.76. The molecule has 0 aromatic heterocycles. The summed E-state index contributed by atoms with van der Waals surface area (Å²) in [6.07, 6.45) is 0.406. The molecule has 0 aliphatic carbocycles. The van der Waals surface area contributed by atoms with E-state index in [0.29, 0.717) is 22.7 Å². The Hall–Kier alpha value is -2.94. The van der Waals surface area contributed by atoms with Gasteiger partial charge in [0.05, 0.1) is 25.0 Å². The van der Waals surface area contributed by atoms with Crippen molar-refractivity contribution in [2.45, 2.75) is 18.0 Å². The zero-order valence-electron chi connectivity index (χ0n) is 17.3. The molecule has 1 spiro atoms. The lowest BCUT2D eigenvalue weighted by Gasteiger charge is -2.29. The summed E-state index contributed by atoms with van der Waals surface area (Å²) < 4.78 is 5.08. The Bertz CT molecular complexity index is 1120. The van der Waals surface area contributed by atoms with E-state index in [1.54, 1.807) is 42.5 Å². The molecule has 8 nitrogen and oxygen atoms in total. The Balaban J connectivity index is 1.61. The molecule has 0 bridgehead atoms. The van der Waals surface area contributed by atoms with Gasteiger partial charge >= 0.3 is 0 Å². The summed E-state index contributed by atoms with van der Waals surface area (Å²) in [7, 11) is 1.51. The summed E-state index contributed by atoms with van der Waals surface area (Å²) in [6, 6.07) is 11.3. The predicted molar refractivity (Wildman–Crippen MR) is 116 cm³/mol. The monoisotopic (exact) mass is 455 g/mol. The predicted octanol–water partition coefficient (Wildman–Crippen LogP) is 1.66. The number of likely N-dealkylation sites (tertiary alicyclic amines) is 1. The number of fused-ring (bicyclic) bond motifs is 4. The molecule has 2 saturated heterocycles. The van der Waals surface area contributed by atoms with E-state index in [4.69, 9.17) is 16.3 Å². The van der Waals surface area contributed by atoms with E-state index < -0.39 is 23.4 Å². The van der Waals surface area contributed by atoms with Crippen LogP contribution in [0.2, 0.25) is 5.02 Å². The number of anilines is 1. The second-order valence-electron chi connectivity index (χ2n) is 8.40. The number of halogens is 1. The molecule has 3 aliphatic heterocycles. The zero-order chi connectivity index (χ0) is 22.6. The number of ether oxygens (including phenoxy) is 1. The number of hydrogen-bond acceptors (Lipinski definition) is 6. The van der Waals surface area contributed by atoms with Crippen LogP contribution in [0.3, 0.4) is 0 Å². The molecule has 9 heteroatoms. The normalized spacial score (nSPS) is 28.4. The maximum atomic E-state index is 13.5. The Kier molecular flexibility index (Phi) is 4.96. The summed E-state index contributed by atoms with van der Waals surface area (Å²) in [5.41, 5.74) is 0.636. The van der Waals surface area contributed by atoms with Crippen molar-refractivity contribution in [3.05, 3.63) is 58.6 Å². The Morgan fingerprint density at radius 1 is 1.12 bits per heavy atom. The van der Waals surface area contributed by atoms with Gasteiger partial charge in [0, 0.05) is 29.4 Å². The van der Waals surface area contributed by atoms with Crippen molar-refractivity contribution < 1.29 is 24.2 Å². The third-order valence-corrected chi connectivity index (χ3v) is 6.91. The van der Waals surface area contributed by atoms with Gasteiger partial charge in [0.1, 0.15) is 11.3 Å². The quantitative estimate of drug-likeness (QED) is 0.592. The van der Waals surface area contributed by atoms with E-state index >= 15 is 0 Å². The maximum absolute atomic E-state index is 13.5. The molecule has 2 aromatic carbocycles. The fourth-order valence-electron chi connectivity index (χ4n) is 5.30. The maximum Gasteiger partial charge on any atom is 0.250 e. The number of aromatic hydroxyl groups is 1. The molecule has 2 fully saturated rings. The SMILES string of the molecule is COCCN1C(=O)C2C(Cc3ccc(O)cc3)NC3(C(=O)Nc4ccc(Cl)cc43)C2C1=O. The third-order valence-electron chi connectivity index (χ3n) is 6.68. The minimum atomic E-state index is -1.39. The number of methoxy groups -OCH3 is 1. The van der Waals surface area contributed by atoms with Crippen LogP contribution in [0, 0.1) is 11.8 Å². The van der Waals surface area contributed by atoms with Crippen molar-refractivity contribution in [1.29, 1.82) is 0 Å². The van der Waals surface area contributed by atoms with E-state index in [1.165, 1.54) is 12.0 Å². The standard InChI is InChI=1S/C23H22ClN3O5/c1-32-9-8-27-20(29)18-17(10-12-2-5-14(28)6-3-12)26-23(19(18)21(27)30)15-11-13(24)4-7-16(15)25-22(23)31/h2-7,11,17-19,26,28H,8-10H2,1H3,(H,25,31). The van der Waals surface area contributed by atoms with Crippen LogP contribution in [0.5, 0.6) is 5.75 Å². The fourth-order valence-corrected chi connectivity index (χ4v) is 5.47. The first-order chi connectivity index (χ1) is 15.4. The molecule has 0 radical (unpaired) electrons. The van der Waals surface area contributed by atoms with Crippen molar-refractivity contribution in [3.63, 3.8) is 0 Å². The summed E-state index contributed by atoms with van der Waals surface area (Å²) in [6.45, 7) is 0.349. The van der Waals surface area contributed by atoms with Crippen molar-refractivity contribution >= 4 is 35.0 Å². The van der Waals surface area contributed by atoms with Crippen molar-refractivity contribution in [3.8, 4) is 5.75 Å². The fraction of sp³-hybridized carbons (Fsp3) is 0.348. The molecular weight excluding hydrogens is 434 g/mol. The van der Waals surface area contributed by atoms with Crippen LogP contribution < -0.4 is 10.6 Å². The number of benzene rings is 2. The first kappa shape index (κ1) is 20.9. The van der Waals surface area contributed by atoms with E-state index in [1.807, 2.05) is 0 Å². The van der Waals surface area contributed by atoms with Crippen molar-refractivity contribution in [2.24, 2.45) is 11.8 Å². The molecule has 4 atom stereocenters. The lowest BCUT2D eigenvalue weighted by Crippen LogP contribution is -2.53. The van der Waals surface area contributed by atoms with Crippen LogP contribution in [0.1, 0.15) is 11.1 Å². The minimum absolute atomic E-state index is 0.132. The van der Waals surface area contributed by atoms with Gasteiger partial charge in [-0.1, -0.05) is 23.7 Å². The smallest absolute Gasteiger partial charge is 0.250 e. The highest BCUT2D eigenvalue weighted by molar-refractivity contribution is 6.31. The number of phenols is 1. The lowest BCUT2D eigenvalue weighted by molar-refractivity contribution is -0.143. The van der Waals surface area contributed by atoms with Gasteiger partial charge in [-0.2, -0.15) is 0 Å². The first-order valence-electron chi connectivity index (χ1n) is 10.4. The van der Waals surface area contributed by atoms with Gasteiger partial charge in [0.2, 0.25) is 17.7 Å². The Labute approximate surface area is 189 Å². The van der Waals surface area contributed by atoms with Gasteiger partial charge in [-0.25, -0.2) is 0 Å². The Morgan fingerprint density at radius 3 is 2.59 bits per heavy atom. The number of phenolic OH excluding ortho intramolecular Hbond substituents is 1. The average Bonchev–Trinajstić information content (AvgIpc) is 3.34. The third kappa shape index (κ3) is 2.94. The number of nitrogens with zero attached hydrogens (tertiary/aromatic N) is 1. The van der Waals surface area contributed by atoms with Crippen LogP contribution >= 0.6 is 11.6 Å². The molecule has 3 aliphatic rings. The van der Waals surface area contributed by atoms with Gasteiger partial charge in [-0.3, -0.25) is 24.6 Å². The number of imide groups is 1. The number of hydrogen-bond donors (Lipinski definition) is 3. The van der Waals surface area contributed by atoms with E-state index in [2.05, 4.69) is 10.6 Å². The molecule has 4 unspecified atom stereocenters. The number of carbonyl (C=O) groups is 3. The van der Waals surface area contributed by atoms with Crippen LogP contribution in [0.25, 0.3) is 0 Å². The van der Waals surface area contributed by atoms with Gasteiger partial charge < -0.3 is 15.2 Å². The van der Waals surface area contributed by atoms with Crippen molar-refractivity contribution in [2.75, 3.05) is 25.6 Å². The largest absolute Gasteiger partial charge is 0.508 e. The van der Waals surface area contributed by atoms with Crippen LogP contribution in [0.15, 0.2) is 42.5 Å². The first-order valence-corrected chi connectivity index (χ1v) is 10.8. The second-order valence-corrected chi connectivity index (χ2v) is 8.83. The molecular formula is C23H22ClN3O5. The molecule has 2 aromatic rings. The van der Waals surface area contributed by atoms with Gasteiger partial charge in [0.15, 0.2) is 0 Å². The number of carbonyl (C=O) groups excluding carboxylic acids is 3. The van der Waals surface area contributed by atoms with Crippen molar-refractivity contribution in [1.82, 2.24) is 10.2 Å². The highest BCUT2D eigenvalue weighted by Gasteiger charge is 2.70. The van der Waals surface area contributed by atoms with E-state index in [9.17, 15) is 19.5 Å². The summed E-state index contributed by atoms with van der Waals surface area (Å²) in [4.78, 5) is 41.5. The summed E-state index contributed by atoms with van der Waals surface area (Å²) in [5.74, 6) is -2.54. The van der Waals surface area contributed by atoms with Crippen LogP contribution in [0.4, 0.5) is 5.69 Å². The van der Waals surface area contributed by atoms with Crippen LogP contribution in [-0.2, 0) is 31.1 Å². The van der Waals surface area contributed by atoms with E-state index in [-0.39, 0.29) is 36.6 Å². The molecule has 3 amide bonds. The number of rotatable bonds is 5. The Morgan fingerprint density at radius 2 is 1.88 bits per heavy atom. The molecule has 3 heterocycles. The number of amides is 3. The summed E-state index contributed by atoms with van der Waals surface area (Å²) >= 11 is 6.25. The van der Waals surface area contributed by atoms with Gasteiger partial charge in [0.25, 0.3) is 0 Å². The second kappa shape index (κ2) is 7.58. The molecule has 32 heavy (non-hydrogen) atoms. The highest BCUT2D eigenvalue weighted by Crippen LogP contribution is 2.53. The molecule has 5 rings (SSSR count). The molecule has 166 valence electrons. The van der Waals surface area contributed by atoms with E-state index in [0.717, 1.165) is 5.56 Å². The van der Waals surface area contributed by atoms with Crippen LogP contribution in [-0.4, -0.2) is 54.0 Å². The highest BCUT2D eigenvalue weighted by atomic mass is 35.5.